The number of likely N-dealkylation sites (tertiary alicyclic amines) is 2. The normalized spacial score (nSPS) is 24.7. The molecule has 2 aromatic heterocycles. The molecule has 2 atom stereocenters. The van der Waals surface area contributed by atoms with E-state index in [4.69, 9.17) is 10.8 Å². The Hall–Kier alpha value is -3.26. The molecule has 0 radical (unpaired) electrons. The zero-order valence-electron chi connectivity index (χ0n) is 19.4. The number of aromatic nitrogens is 4. The zero-order valence-corrected chi connectivity index (χ0v) is 19.4. The number of nitrogens with two attached hydrogens (primary N) is 1. The van der Waals surface area contributed by atoms with Crippen LogP contribution in [0.5, 0.6) is 0 Å². The SMILES string of the molecule is C=CC(=O)N1CC2CC(n3nc(-c4ccc(CN5CCCC5)cc4)c4c(N)ncnc43)CC2C1. The minimum atomic E-state index is 0.0338. The predicted molar refractivity (Wildman–Crippen MR) is 132 cm³/mol. The first kappa shape index (κ1) is 21.3. The molecule has 0 spiro atoms. The van der Waals surface area contributed by atoms with Gasteiger partial charge in [0.25, 0.3) is 0 Å². The van der Waals surface area contributed by atoms with Crippen molar-refractivity contribution in [2.45, 2.75) is 38.3 Å². The molecule has 2 unspecified atom stereocenters. The molecule has 1 saturated carbocycles. The smallest absolute Gasteiger partial charge is 0.245 e. The first-order valence-electron chi connectivity index (χ1n) is 12.3. The molecule has 8 heteroatoms. The number of hydrogen-bond acceptors (Lipinski definition) is 6. The summed E-state index contributed by atoms with van der Waals surface area (Å²) < 4.78 is 2.07. The Balaban J connectivity index is 1.28. The van der Waals surface area contributed by atoms with Gasteiger partial charge in [0.05, 0.1) is 11.4 Å². The van der Waals surface area contributed by atoms with Gasteiger partial charge in [0.15, 0.2) is 5.65 Å². The first-order chi connectivity index (χ1) is 16.6. The second-order valence-electron chi connectivity index (χ2n) is 10.0. The lowest BCUT2D eigenvalue weighted by molar-refractivity contribution is -0.125. The van der Waals surface area contributed by atoms with Gasteiger partial charge >= 0.3 is 0 Å². The lowest BCUT2D eigenvalue weighted by Gasteiger charge is -2.18. The first-order valence-corrected chi connectivity index (χ1v) is 12.3. The standard InChI is InChI=1S/C26H31N7O/c1-2-22(34)32-14-19-11-21(12-20(19)15-32)33-26-23(25(27)28-16-29-26)24(30-33)18-7-5-17(6-8-18)13-31-9-3-4-10-31/h2,5-8,16,19-21H,1,3-4,9-15H2,(H2,27,28,29). The van der Waals surface area contributed by atoms with Gasteiger partial charge < -0.3 is 10.6 Å². The molecule has 3 fully saturated rings. The fourth-order valence-electron chi connectivity index (χ4n) is 6.20. The number of amides is 1. The molecule has 3 aromatic rings. The Morgan fingerprint density at radius 1 is 1.09 bits per heavy atom. The third kappa shape index (κ3) is 3.66. The lowest BCUT2D eigenvalue weighted by Crippen LogP contribution is -2.28. The molecule has 3 aliphatic rings. The molecule has 176 valence electrons. The van der Waals surface area contributed by atoms with Crippen molar-refractivity contribution >= 4 is 22.8 Å². The van der Waals surface area contributed by atoms with Crippen LogP contribution in [0.15, 0.2) is 43.2 Å². The second kappa shape index (κ2) is 8.51. The number of rotatable bonds is 5. The van der Waals surface area contributed by atoms with E-state index in [0.29, 0.717) is 17.7 Å². The summed E-state index contributed by atoms with van der Waals surface area (Å²) in [5.74, 6) is 1.47. The highest BCUT2D eigenvalue weighted by Gasteiger charge is 2.43. The topological polar surface area (TPSA) is 93.2 Å². The van der Waals surface area contributed by atoms with E-state index in [0.717, 1.165) is 54.8 Å². The number of carbonyl (C=O) groups is 1. The van der Waals surface area contributed by atoms with Crippen LogP contribution in [0.25, 0.3) is 22.3 Å². The Morgan fingerprint density at radius 3 is 2.47 bits per heavy atom. The van der Waals surface area contributed by atoms with Gasteiger partial charge in [-0.15, -0.1) is 0 Å². The van der Waals surface area contributed by atoms with E-state index in [-0.39, 0.29) is 11.9 Å². The number of nitrogens with zero attached hydrogens (tertiary/aromatic N) is 6. The maximum Gasteiger partial charge on any atom is 0.245 e. The van der Waals surface area contributed by atoms with Crippen LogP contribution in [-0.2, 0) is 11.3 Å². The molecule has 2 N–H and O–H groups in total. The number of nitrogen functional groups attached to an aromatic ring is 1. The van der Waals surface area contributed by atoms with Gasteiger partial charge in [0, 0.05) is 25.2 Å². The Bertz CT molecular complexity index is 1210. The van der Waals surface area contributed by atoms with Crippen molar-refractivity contribution in [3.63, 3.8) is 0 Å². The minimum absolute atomic E-state index is 0.0338. The minimum Gasteiger partial charge on any atom is -0.383 e. The number of benzene rings is 1. The lowest BCUT2D eigenvalue weighted by atomic mass is 10.0. The van der Waals surface area contributed by atoms with Gasteiger partial charge in [0.2, 0.25) is 5.91 Å². The van der Waals surface area contributed by atoms with Gasteiger partial charge in [-0.2, -0.15) is 5.10 Å². The number of hydrogen-bond donors (Lipinski definition) is 1. The summed E-state index contributed by atoms with van der Waals surface area (Å²) in [6, 6.07) is 8.93. The average Bonchev–Trinajstić information content (AvgIpc) is 3.62. The summed E-state index contributed by atoms with van der Waals surface area (Å²) in [6.07, 6.45) is 7.51. The van der Waals surface area contributed by atoms with Crippen LogP contribution in [0.3, 0.4) is 0 Å². The van der Waals surface area contributed by atoms with Crippen molar-refractivity contribution in [1.29, 1.82) is 0 Å². The molecule has 4 heterocycles. The van der Waals surface area contributed by atoms with Gasteiger partial charge in [0.1, 0.15) is 17.8 Å². The van der Waals surface area contributed by atoms with E-state index >= 15 is 0 Å². The van der Waals surface area contributed by atoms with Crippen LogP contribution in [0.1, 0.15) is 37.3 Å². The summed E-state index contributed by atoms with van der Waals surface area (Å²) in [4.78, 5) is 25.3. The summed E-state index contributed by atoms with van der Waals surface area (Å²) in [5.41, 5.74) is 10.3. The molecule has 1 amide bonds. The highest BCUT2D eigenvalue weighted by Crippen LogP contribution is 2.45. The van der Waals surface area contributed by atoms with Crippen LogP contribution < -0.4 is 5.73 Å². The summed E-state index contributed by atoms with van der Waals surface area (Å²) >= 11 is 0. The maximum atomic E-state index is 12.0. The van der Waals surface area contributed by atoms with E-state index in [2.05, 4.69) is 50.4 Å². The van der Waals surface area contributed by atoms with Crippen molar-refractivity contribution < 1.29 is 4.79 Å². The number of anilines is 1. The van der Waals surface area contributed by atoms with E-state index in [9.17, 15) is 4.79 Å². The van der Waals surface area contributed by atoms with E-state index in [1.807, 2.05) is 4.90 Å². The van der Waals surface area contributed by atoms with Crippen molar-refractivity contribution in [3.8, 4) is 11.3 Å². The quantitative estimate of drug-likeness (QED) is 0.591. The Morgan fingerprint density at radius 2 is 1.79 bits per heavy atom. The van der Waals surface area contributed by atoms with Crippen LogP contribution >= 0.6 is 0 Å². The molecule has 2 aliphatic heterocycles. The van der Waals surface area contributed by atoms with Crippen LogP contribution in [0.4, 0.5) is 5.82 Å². The third-order valence-electron chi connectivity index (χ3n) is 7.91. The zero-order chi connectivity index (χ0) is 23.2. The molecule has 1 aliphatic carbocycles. The molecular weight excluding hydrogens is 426 g/mol. The molecule has 2 saturated heterocycles. The average molecular weight is 458 g/mol. The molecular formula is C26H31N7O. The van der Waals surface area contributed by atoms with Crippen molar-refractivity contribution in [3.05, 3.63) is 48.8 Å². The van der Waals surface area contributed by atoms with Crippen LogP contribution in [0.2, 0.25) is 0 Å². The summed E-state index contributed by atoms with van der Waals surface area (Å²) in [7, 11) is 0. The highest BCUT2D eigenvalue weighted by atomic mass is 16.2. The number of fused-ring (bicyclic) bond motifs is 2. The van der Waals surface area contributed by atoms with E-state index < -0.39 is 0 Å². The largest absolute Gasteiger partial charge is 0.383 e. The summed E-state index contributed by atoms with van der Waals surface area (Å²) in [6.45, 7) is 8.60. The predicted octanol–water partition coefficient (Wildman–Crippen LogP) is 3.27. The summed E-state index contributed by atoms with van der Waals surface area (Å²) in [5, 5.41) is 5.89. The van der Waals surface area contributed by atoms with E-state index in [1.165, 1.54) is 43.9 Å². The Labute approximate surface area is 199 Å². The maximum absolute atomic E-state index is 12.0. The Kier molecular flexibility index (Phi) is 5.32. The van der Waals surface area contributed by atoms with E-state index in [1.54, 1.807) is 0 Å². The van der Waals surface area contributed by atoms with Gasteiger partial charge in [-0.25, -0.2) is 14.6 Å². The second-order valence-corrected chi connectivity index (χ2v) is 10.0. The molecule has 8 nitrogen and oxygen atoms in total. The van der Waals surface area contributed by atoms with Crippen LogP contribution in [0, 0.1) is 11.8 Å². The van der Waals surface area contributed by atoms with Gasteiger partial charge in [-0.1, -0.05) is 30.8 Å². The fraction of sp³-hybridized carbons (Fsp3) is 0.462. The van der Waals surface area contributed by atoms with Crippen molar-refractivity contribution in [1.82, 2.24) is 29.5 Å². The third-order valence-corrected chi connectivity index (χ3v) is 7.91. The van der Waals surface area contributed by atoms with Gasteiger partial charge in [-0.05, 0) is 62.2 Å². The fourth-order valence-corrected chi connectivity index (χ4v) is 6.20. The highest BCUT2D eigenvalue weighted by molar-refractivity contribution is 5.98. The molecule has 34 heavy (non-hydrogen) atoms. The van der Waals surface area contributed by atoms with Crippen molar-refractivity contribution in [2.24, 2.45) is 11.8 Å². The van der Waals surface area contributed by atoms with Gasteiger partial charge in [-0.3, -0.25) is 9.69 Å². The van der Waals surface area contributed by atoms with Crippen LogP contribution in [-0.4, -0.2) is 61.6 Å². The monoisotopic (exact) mass is 457 g/mol. The molecule has 0 bridgehead atoms. The molecule has 6 rings (SSSR count). The van der Waals surface area contributed by atoms with Crippen molar-refractivity contribution in [2.75, 3.05) is 31.9 Å². The number of carbonyl (C=O) groups excluding carboxylic acids is 1. The molecule has 1 aromatic carbocycles.